The second-order valence-corrected chi connectivity index (χ2v) is 5.35. The van der Waals surface area contributed by atoms with Crippen LogP contribution < -0.4 is 5.32 Å². The fourth-order valence-electron chi connectivity index (χ4n) is 2.80. The second-order valence-electron chi connectivity index (χ2n) is 5.35. The number of hydrogen-bond acceptors (Lipinski definition) is 4. The van der Waals surface area contributed by atoms with E-state index >= 15 is 0 Å². The fraction of sp³-hybridized carbons (Fsp3) is 0.375. The van der Waals surface area contributed by atoms with Crippen molar-refractivity contribution < 1.29 is 5.11 Å². The molecule has 3 rings (SSSR count). The highest BCUT2D eigenvalue weighted by atomic mass is 16.3. The third-order valence-corrected chi connectivity index (χ3v) is 3.83. The van der Waals surface area contributed by atoms with Gasteiger partial charge in [0, 0.05) is 11.4 Å². The van der Waals surface area contributed by atoms with Crippen molar-refractivity contribution >= 4 is 16.7 Å². The number of aliphatic hydroxyl groups is 1. The van der Waals surface area contributed by atoms with E-state index in [-0.39, 0.29) is 12.1 Å². The average molecular weight is 267 g/mol. The zero-order chi connectivity index (χ0) is 13.9. The van der Waals surface area contributed by atoms with Gasteiger partial charge >= 0.3 is 0 Å². The van der Waals surface area contributed by atoms with Crippen molar-refractivity contribution in [2.24, 2.45) is 0 Å². The minimum atomic E-state index is -0.243. The van der Waals surface area contributed by atoms with Crippen molar-refractivity contribution in [2.75, 3.05) is 5.32 Å². The van der Waals surface area contributed by atoms with E-state index in [2.05, 4.69) is 16.4 Å². The first-order valence-electron chi connectivity index (χ1n) is 7.01. The number of nitrogens with one attached hydrogen (secondary N) is 1. The smallest absolute Gasteiger partial charge is 0.144 e. The molecule has 0 radical (unpaired) electrons. The Morgan fingerprint density at radius 3 is 2.95 bits per heavy atom. The monoisotopic (exact) mass is 267 g/mol. The number of para-hydroxylation sites is 1. The van der Waals surface area contributed by atoms with E-state index in [1.165, 1.54) is 0 Å². The zero-order valence-electron chi connectivity index (χ0n) is 11.2. The lowest BCUT2D eigenvalue weighted by Crippen LogP contribution is -2.30. The molecule has 0 unspecified atom stereocenters. The minimum Gasteiger partial charge on any atom is -0.393 e. The molecule has 0 spiro atoms. The quantitative estimate of drug-likeness (QED) is 0.878. The number of aliphatic hydroxyl groups excluding tert-OH is 1. The van der Waals surface area contributed by atoms with Gasteiger partial charge in [-0.05, 0) is 37.8 Å². The Morgan fingerprint density at radius 1 is 1.30 bits per heavy atom. The van der Waals surface area contributed by atoms with Crippen LogP contribution >= 0.6 is 0 Å². The van der Waals surface area contributed by atoms with Gasteiger partial charge in [0.15, 0.2) is 0 Å². The summed E-state index contributed by atoms with van der Waals surface area (Å²) in [4.78, 5) is 4.55. The van der Waals surface area contributed by atoms with Gasteiger partial charge in [-0.2, -0.15) is 5.26 Å². The lowest BCUT2D eigenvalue weighted by molar-refractivity contribution is 0.124. The van der Waals surface area contributed by atoms with Crippen molar-refractivity contribution in [1.29, 1.82) is 5.26 Å². The minimum absolute atomic E-state index is 0.194. The molecule has 0 bridgehead atoms. The molecule has 2 N–H and O–H groups in total. The van der Waals surface area contributed by atoms with Gasteiger partial charge in [-0.3, -0.25) is 0 Å². The van der Waals surface area contributed by atoms with Gasteiger partial charge in [0.2, 0.25) is 0 Å². The molecule has 0 aliphatic heterocycles. The van der Waals surface area contributed by atoms with Gasteiger partial charge in [0.1, 0.15) is 11.9 Å². The largest absolute Gasteiger partial charge is 0.393 e. The highest BCUT2D eigenvalue weighted by Crippen LogP contribution is 2.25. The lowest BCUT2D eigenvalue weighted by atomic mass is 9.93. The van der Waals surface area contributed by atoms with E-state index in [9.17, 15) is 10.4 Å². The standard InChI is InChI=1S/C16H17N3O/c17-10-12-8-11-4-1-2-7-15(11)19-16(12)18-13-5-3-6-14(20)9-13/h1-2,4,7-8,13-14,20H,3,5-6,9H2,(H,18,19)/t13-,14+/m1/s1. The maximum Gasteiger partial charge on any atom is 0.144 e. The molecule has 1 aliphatic rings. The summed E-state index contributed by atoms with van der Waals surface area (Å²) in [7, 11) is 0. The number of hydrogen-bond donors (Lipinski definition) is 2. The Morgan fingerprint density at radius 2 is 2.15 bits per heavy atom. The van der Waals surface area contributed by atoms with E-state index in [1.54, 1.807) is 0 Å². The summed E-state index contributed by atoms with van der Waals surface area (Å²) in [5, 5.41) is 23.3. The van der Waals surface area contributed by atoms with Gasteiger partial charge in [0.25, 0.3) is 0 Å². The van der Waals surface area contributed by atoms with Crippen LogP contribution in [-0.4, -0.2) is 22.2 Å². The van der Waals surface area contributed by atoms with Crippen LogP contribution in [0.1, 0.15) is 31.2 Å². The van der Waals surface area contributed by atoms with Gasteiger partial charge < -0.3 is 10.4 Å². The number of nitrogens with zero attached hydrogens (tertiary/aromatic N) is 2. The number of benzene rings is 1. The van der Waals surface area contributed by atoms with Crippen LogP contribution in [0, 0.1) is 11.3 Å². The average Bonchev–Trinajstić information content (AvgIpc) is 2.46. The maximum absolute atomic E-state index is 9.73. The summed E-state index contributed by atoms with van der Waals surface area (Å²) >= 11 is 0. The molecular formula is C16H17N3O. The summed E-state index contributed by atoms with van der Waals surface area (Å²) in [6.07, 6.45) is 3.37. The van der Waals surface area contributed by atoms with Gasteiger partial charge in [-0.1, -0.05) is 18.2 Å². The molecule has 1 heterocycles. The van der Waals surface area contributed by atoms with E-state index in [0.29, 0.717) is 11.4 Å². The predicted octanol–water partition coefficient (Wildman–Crippen LogP) is 2.82. The van der Waals surface area contributed by atoms with Crippen molar-refractivity contribution in [3.63, 3.8) is 0 Å². The van der Waals surface area contributed by atoms with E-state index in [4.69, 9.17) is 0 Å². The third-order valence-electron chi connectivity index (χ3n) is 3.83. The Balaban J connectivity index is 1.91. The van der Waals surface area contributed by atoms with E-state index in [0.717, 1.165) is 36.6 Å². The first kappa shape index (κ1) is 12.9. The molecule has 20 heavy (non-hydrogen) atoms. The van der Waals surface area contributed by atoms with Gasteiger partial charge in [0.05, 0.1) is 17.2 Å². The molecule has 1 saturated carbocycles. The predicted molar refractivity (Wildman–Crippen MR) is 78.3 cm³/mol. The lowest BCUT2D eigenvalue weighted by Gasteiger charge is -2.27. The van der Waals surface area contributed by atoms with Crippen LogP contribution in [0.3, 0.4) is 0 Å². The van der Waals surface area contributed by atoms with Crippen LogP contribution in [0.5, 0.6) is 0 Å². The van der Waals surface area contributed by atoms with Gasteiger partial charge in [-0.25, -0.2) is 4.98 Å². The summed E-state index contributed by atoms with van der Waals surface area (Å²) in [6, 6.07) is 12.0. The summed E-state index contributed by atoms with van der Waals surface area (Å²) in [5.74, 6) is 0.630. The first-order chi connectivity index (χ1) is 9.76. The Labute approximate surface area is 118 Å². The number of pyridine rings is 1. The molecule has 0 amide bonds. The number of nitriles is 1. The molecule has 0 saturated heterocycles. The Kier molecular flexibility index (Phi) is 3.53. The molecule has 102 valence electrons. The molecule has 2 aromatic rings. The van der Waals surface area contributed by atoms with Crippen LogP contribution in [0.2, 0.25) is 0 Å². The zero-order valence-corrected chi connectivity index (χ0v) is 11.2. The number of rotatable bonds is 2. The van der Waals surface area contributed by atoms with Crippen LogP contribution in [0.25, 0.3) is 10.9 Å². The molecule has 1 aromatic heterocycles. The molecule has 1 fully saturated rings. The topological polar surface area (TPSA) is 68.9 Å². The Bertz CT molecular complexity index is 662. The highest BCUT2D eigenvalue weighted by Gasteiger charge is 2.21. The van der Waals surface area contributed by atoms with Crippen LogP contribution in [0.15, 0.2) is 30.3 Å². The van der Waals surface area contributed by atoms with Crippen molar-refractivity contribution in [3.8, 4) is 6.07 Å². The Hall–Kier alpha value is -2.12. The van der Waals surface area contributed by atoms with E-state index < -0.39 is 0 Å². The molecule has 1 aromatic carbocycles. The summed E-state index contributed by atoms with van der Waals surface area (Å²) in [5.41, 5.74) is 1.44. The third kappa shape index (κ3) is 2.59. The highest BCUT2D eigenvalue weighted by molar-refractivity contribution is 5.82. The normalized spacial score (nSPS) is 22.4. The SMILES string of the molecule is N#Cc1cc2ccccc2nc1N[C@@H]1CCC[C@H](O)C1. The first-order valence-corrected chi connectivity index (χ1v) is 7.01. The maximum atomic E-state index is 9.73. The van der Waals surface area contributed by atoms with Crippen LogP contribution in [0.4, 0.5) is 5.82 Å². The number of anilines is 1. The van der Waals surface area contributed by atoms with Gasteiger partial charge in [-0.15, -0.1) is 0 Å². The summed E-state index contributed by atoms with van der Waals surface area (Å²) in [6.45, 7) is 0. The molecule has 2 atom stereocenters. The molecule has 4 nitrogen and oxygen atoms in total. The second kappa shape index (κ2) is 5.48. The fourth-order valence-corrected chi connectivity index (χ4v) is 2.80. The van der Waals surface area contributed by atoms with Crippen LogP contribution in [-0.2, 0) is 0 Å². The number of aromatic nitrogens is 1. The van der Waals surface area contributed by atoms with Crippen molar-refractivity contribution in [2.45, 2.75) is 37.8 Å². The van der Waals surface area contributed by atoms with Crippen molar-refractivity contribution in [1.82, 2.24) is 4.98 Å². The van der Waals surface area contributed by atoms with E-state index in [1.807, 2.05) is 30.3 Å². The summed E-state index contributed by atoms with van der Waals surface area (Å²) < 4.78 is 0. The molecular weight excluding hydrogens is 250 g/mol. The van der Waals surface area contributed by atoms with Crippen molar-refractivity contribution in [3.05, 3.63) is 35.9 Å². The molecule has 4 heteroatoms. The molecule has 1 aliphatic carbocycles. The number of fused-ring (bicyclic) bond motifs is 1.